The highest BCUT2D eigenvalue weighted by Crippen LogP contribution is 2.08. The number of nitrogens with zero attached hydrogens (tertiary/aromatic N) is 2. The van der Waals surface area contributed by atoms with Crippen molar-refractivity contribution < 1.29 is 1.43 Å². The van der Waals surface area contributed by atoms with E-state index in [0.717, 1.165) is 32.1 Å². The molecule has 1 unspecified atom stereocenters. The fourth-order valence-corrected chi connectivity index (χ4v) is 2.57. The molecule has 0 aliphatic heterocycles. The van der Waals surface area contributed by atoms with Crippen LogP contribution in [0.1, 0.15) is 46.7 Å². The smallest absolute Gasteiger partial charge is 0.0231 e. The van der Waals surface area contributed by atoms with Crippen LogP contribution in [0, 0.1) is 5.92 Å². The van der Waals surface area contributed by atoms with E-state index < -0.39 is 0 Å². The zero-order chi connectivity index (χ0) is 17.2. The van der Waals surface area contributed by atoms with Crippen molar-refractivity contribution in [3.05, 3.63) is 35.4 Å². The quantitative estimate of drug-likeness (QED) is 0.668. The Bertz CT molecular complexity index is 419. The molecule has 0 radical (unpaired) electrons. The van der Waals surface area contributed by atoms with E-state index in [1.807, 2.05) is 0 Å². The van der Waals surface area contributed by atoms with Crippen LogP contribution in [0.3, 0.4) is 0 Å². The maximum Gasteiger partial charge on any atom is 0.0231 e. The molecule has 0 aliphatic carbocycles. The van der Waals surface area contributed by atoms with E-state index in [-0.39, 0.29) is 1.43 Å². The molecule has 3 heteroatoms. The SMILES string of the molecule is CCC(C)CN(C)CCN(C)Cc1ccc(CNC(C)C)cc1.[HH]. The maximum absolute atomic E-state index is 3.46. The second-order valence-electron chi connectivity index (χ2n) is 7.37. The van der Waals surface area contributed by atoms with Crippen molar-refractivity contribution in [3.63, 3.8) is 0 Å². The van der Waals surface area contributed by atoms with Crippen LogP contribution in [-0.4, -0.2) is 49.6 Å². The van der Waals surface area contributed by atoms with Gasteiger partial charge in [0.25, 0.3) is 0 Å². The summed E-state index contributed by atoms with van der Waals surface area (Å²) < 4.78 is 0. The van der Waals surface area contributed by atoms with Gasteiger partial charge in [-0.2, -0.15) is 0 Å². The number of hydrogen-bond acceptors (Lipinski definition) is 3. The van der Waals surface area contributed by atoms with Gasteiger partial charge in [0.2, 0.25) is 0 Å². The van der Waals surface area contributed by atoms with Crippen molar-refractivity contribution in [1.29, 1.82) is 0 Å². The molecule has 0 amide bonds. The highest BCUT2D eigenvalue weighted by molar-refractivity contribution is 5.22. The molecular formula is C20H39N3. The minimum Gasteiger partial charge on any atom is -0.310 e. The van der Waals surface area contributed by atoms with Crippen molar-refractivity contribution in [2.24, 2.45) is 5.92 Å². The Labute approximate surface area is 145 Å². The first-order chi connectivity index (χ1) is 10.9. The summed E-state index contributed by atoms with van der Waals surface area (Å²) >= 11 is 0. The highest BCUT2D eigenvalue weighted by atomic mass is 15.2. The van der Waals surface area contributed by atoms with Gasteiger partial charge in [-0.3, -0.25) is 0 Å². The molecule has 134 valence electrons. The van der Waals surface area contributed by atoms with Crippen molar-refractivity contribution in [1.82, 2.24) is 15.1 Å². The van der Waals surface area contributed by atoms with Gasteiger partial charge in [0.1, 0.15) is 0 Å². The molecule has 1 rings (SSSR count). The molecular weight excluding hydrogens is 282 g/mol. The van der Waals surface area contributed by atoms with Crippen molar-refractivity contribution in [2.75, 3.05) is 33.7 Å². The van der Waals surface area contributed by atoms with Gasteiger partial charge in [-0.15, -0.1) is 0 Å². The third-order valence-electron chi connectivity index (χ3n) is 4.37. The molecule has 0 fully saturated rings. The lowest BCUT2D eigenvalue weighted by molar-refractivity contribution is 0.230. The summed E-state index contributed by atoms with van der Waals surface area (Å²) in [6.07, 6.45) is 1.26. The van der Waals surface area contributed by atoms with Gasteiger partial charge in [-0.1, -0.05) is 58.4 Å². The minimum absolute atomic E-state index is 0. The summed E-state index contributed by atoms with van der Waals surface area (Å²) in [7, 11) is 4.45. The normalized spacial score (nSPS) is 13.3. The average molecular weight is 322 g/mol. The summed E-state index contributed by atoms with van der Waals surface area (Å²) in [5, 5.41) is 3.46. The number of hydrogen-bond donors (Lipinski definition) is 1. The maximum atomic E-state index is 3.46. The van der Waals surface area contributed by atoms with Gasteiger partial charge in [0.05, 0.1) is 0 Å². The first-order valence-electron chi connectivity index (χ1n) is 9.09. The fraction of sp³-hybridized carbons (Fsp3) is 0.700. The molecule has 0 heterocycles. The van der Waals surface area contributed by atoms with Gasteiger partial charge in [-0.05, 0) is 31.1 Å². The summed E-state index contributed by atoms with van der Waals surface area (Å²) in [5.74, 6) is 0.789. The molecule has 0 saturated carbocycles. The van der Waals surface area contributed by atoms with Crippen LogP contribution in [0.4, 0.5) is 0 Å². The molecule has 0 aliphatic rings. The van der Waals surface area contributed by atoms with E-state index in [1.165, 1.54) is 24.1 Å². The molecule has 1 atom stereocenters. The fourth-order valence-electron chi connectivity index (χ4n) is 2.57. The number of benzene rings is 1. The predicted octanol–water partition coefficient (Wildman–Crippen LogP) is 3.84. The zero-order valence-electron chi connectivity index (χ0n) is 16.1. The van der Waals surface area contributed by atoms with Gasteiger partial charge in [0, 0.05) is 40.2 Å². The summed E-state index contributed by atoms with van der Waals surface area (Å²) in [6.45, 7) is 14.4. The molecule has 0 bridgehead atoms. The first-order valence-corrected chi connectivity index (χ1v) is 9.09. The molecule has 1 N–H and O–H groups in total. The summed E-state index contributed by atoms with van der Waals surface area (Å²) in [6, 6.07) is 9.54. The minimum atomic E-state index is 0. The first kappa shape index (κ1) is 20.1. The Kier molecular flexibility index (Phi) is 9.46. The van der Waals surface area contributed by atoms with Gasteiger partial charge in [-0.25, -0.2) is 0 Å². The molecule has 0 spiro atoms. The highest BCUT2D eigenvalue weighted by Gasteiger charge is 2.06. The largest absolute Gasteiger partial charge is 0.310 e. The average Bonchev–Trinajstić information content (AvgIpc) is 2.52. The number of rotatable bonds is 11. The standard InChI is InChI=1S/C20H37N3.H2/c1-7-18(4)15-22(5)12-13-23(6)16-20-10-8-19(9-11-20)14-21-17(2)3;/h8-11,17-18,21H,7,12-16H2,1-6H3;1H. The van der Waals surface area contributed by atoms with Crippen LogP contribution in [0.2, 0.25) is 0 Å². The van der Waals surface area contributed by atoms with E-state index in [1.54, 1.807) is 0 Å². The van der Waals surface area contributed by atoms with Crippen LogP contribution in [-0.2, 0) is 13.1 Å². The molecule has 1 aromatic rings. The Morgan fingerprint density at radius 1 is 0.957 bits per heavy atom. The van der Waals surface area contributed by atoms with E-state index in [0.29, 0.717) is 6.04 Å². The van der Waals surface area contributed by atoms with E-state index in [2.05, 4.69) is 81.2 Å². The molecule has 3 nitrogen and oxygen atoms in total. The Hall–Kier alpha value is -0.900. The topological polar surface area (TPSA) is 18.5 Å². The van der Waals surface area contributed by atoms with Crippen LogP contribution < -0.4 is 5.32 Å². The number of likely N-dealkylation sites (N-methyl/N-ethyl adjacent to an activating group) is 2. The van der Waals surface area contributed by atoms with Crippen molar-refractivity contribution in [2.45, 2.75) is 53.2 Å². The monoisotopic (exact) mass is 321 g/mol. The molecule has 0 aromatic heterocycles. The molecule has 1 aromatic carbocycles. The predicted molar refractivity (Wildman–Crippen MR) is 104 cm³/mol. The van der Waals surface area contributed by atoms with E-state index in [4.69, 9.17) is 0 Å². The van der Waals surface area contributed by atoms with Crippen LogP contribution in [0.25, 0.3) is 0 Å². The van der Waals surface area contributed by atoms with Crippen LogP contribution in [0.5, 0.6) is 0 Å². The lowest BCUT2D eigenvalue weighted by atomic mass is 10.1. The van der Waals surface area contributed by atoms with Crippen LogP contribution in [0.15, 0.2) is 24.3 Å². The lowest BCUT2D eigenvalue weighted by Gasteiger charge is -2.24. The summed E-state index contributed by atoms with van der Waals surface area (Å²) in [5.41, 5.74) is 2.75. The van der Waals surface area contributed by atoms with Gasteiger partial charge < -0.3 is 15.1 Å². The van der Waals surface area contributed by atoms with Crippen molar-refractivity contribution in [3.8, 4) is 0 Å². The van der Waals surface area contributed by atoms with Crippen molar-refractivity contribution >= 4 is 0 Å². The Morgan fingerprint density at radius 2 is 1.52 bits per heavy atom. The third-order valence-corrected chi connectivity index (χ3v) is 4.37. The molecule has 0 saturated heterocycles. The zero-order valence-corrected chi connectivity index (χ0v) is 16.1. The Morgan fingerprint density at radius 3 is 2.09 bits per heavy atom. The van der Waals surface area contributed by atoms with Crippen LogP contribution >= 0.6 is 0 Å². The molecule has 23 heavy (non-hydrogen) atoms. The van der Waals surface area contributed by atoms with Gasteiger partial charge >= 0.3 is 0 Å². The van der Waals surface area contributed by atoms with Gasteiger partial charge in [0.15, 0.2) is 0 Å². The number of nitrogens with one attached hydrogen (secondary N) is 1. The van der Waals surface area contributed by atoms with E-state index >= 15 is 0 Å². The second kappa shape index (κ2) is 10.8. The second-order valence-corrected chi connectivity index (χ2v) is 7.37. The lowest BCUT2D eigenvalue weighted by Crippen LogP contribution is -2.33. The third kappa shape index (κ3) is 9.09. The Balaban J connectivity index is 0.00000529. The van der Waals surface area contributed by atoms with E-state index in [9.17, 15) is 0 Å². The summed E-state index contributed by atoms with van der Waals surface area (Å²) in [4.78, 5) is 4.86.